The molecule has 0 unspecified atom stereocenters. The zero-order valence-electron chi connectivity index (χ0n) is 10.8. The molecule has 2 heterocycles. The molecule has 1 aliphatic rings. The normalized spacial score (nSPS) is 15.5. The summed E-state index contributed by atoms with van der Waals surface area (Å²) in [6.45, 7) is 3.86. The zero-order chi connectivity index (χ0) is 13.9. The third-order valence-corrected chi connectivity index (χ3v) is 4.40. The van der Waals surface area contributed by atoms with Crippen LogP contribution in [0.4, 0.5) is 11.5 Å². The van der Waals surface area contributed by atoms with Crippen molar-refractivity contribution in [3.63, 3.8) is 0 Å². The Bertz CT molecular complexity index is 599. The van der Waals surface area contributed by atoms with Crippen molar-refractivity contribution < 1.29 is 0 Å². The summed E-state index contributed by atoms with van der Waals surface area (Å²) < 4.78 is 1.10. The van der Waals surface area contributed by atoms with E-state index in [1.165, 1.54) is 5.69 Å². The van der Waals surface area contributed by atoms with Gasteiger partial charge in [0.05, 0.1) is 3.57 Å². The molecule has 4 nitrogen and oxygen atoms in total. The van der Waals surface area contributed by atoms with Gasteiger partial charge in [0.15, 0.2) is 0 Å². The molecule has 1 fully saturated rings. The number of halogens is 2. The molecule has 1 aromatic heterocycles. The molecule has 6 heteroatoms. The molecule has 3 rings (SSSR count). The maximum absolute atomic E-state index is 6.05. The van der Waals surface area contributed by atoms with Gasteiger partial charge in [-0.15, -0.1) is 0 Å². The van der Waals surface area contributed by atoms with Crippen LogP contribution in [0.3, 0.4) is 0 Å². The van der Waals surface area contributed by atoms with Crippen LogP contribution in [0, 0.1) is 3.57 Å². The van der Waals surface area contributed by atoms with Crippen molar-refractivity contribution in [2.24, 2.45) is 0 Å². The standard InChI is InChI=1S/C14H14ClIN4/c15-11-2-1-3-12(8-11)19-4-6-20(7-5-19)14-13(16)9-17-10-18-14/h1-3,8-10H,4-7H2. The molecule has 0 aliphatic carbocycles. The molecule has 0 bridgehead atoms. The van der Waals surface area contributed by atoms with Gasteiger partial charge in [-0.05, 0) is 40.8 Å². The Morgan fingerprint density at radius 2 is 1.85 bits per heavy atom. The molecule has 1 aromatic carbocycles. The van der Waals surface area contributed by atoms with Crippen molar-refractivity contribution in [1.29, 1.82) is 0 Å². The lowest BCUT2D eigenvalue weighted by Gasteiger charge is -2.37. The second kappa shape index (κ2) is 6.13. The first-order valence-corrected chi connectivity index (χ1v) is 7.91. The van der Waals surface area contributed by atoms with Crippen LogP contribution in [-0.4, -0.2) is 36.1 Å². The molecule has 1 aliphatic heterocycles. The van der Waals surface area contributed by atoms with E-state index in [-0.39, 0.29) is 0 Å². The first kappa shape index (κ1) is 13.9. The summed E-state index contributed by atoms with van der Waals surface area (Å²) in [6.07, 6.45) is 3.47. The predicted molar refractivity (Wildman–Crippen MR) is 90.6 cm³/mol. The molecule has 0 N–H and O–H groups in total. The Hall–Kier alpha value is -1.08. The number of anilines is 2. The number of hydrogen-bond donors (Lipinski definition) is 0. The van der Waals surface area contributed by atoms with Gasteiger partial charge >= 0.3 is 0 Å². The van der Waals surface area contributed by atoms with E-state index < -0.39 is 0 Å². The van der Waals surface area contributed by atoms with Gasteiger partial charge in [0, 0.05) is 43.1 Å². The summed E-state index contributed by atoms with van der Waals surface area (Å²) in [5, 5.41) is 0.787. The second-order valence-corrected chi connectivity index (χ2v) is 6.25. The van der Waals surface area contributed by atoms with E-state index in [1.807, 2.05) is 24.4 Å². The van der Waals surface area contributed by atoms with E-state index in [2.05, 4.69) is 48.4 Å². The molecule has 20 heavy (non-hydrogen) atoms. The molecular formula is C14H14ClIN4. The Morgan fingerprint density at radius 3 is 2.55 bits per heavy atom. The summed E-state index contributed by atoms with van der Waals surface area (Å²) in [5.74, 6) is 1.03. The van der Waals surface area contributed by atoms with Crippen molar-refractivity contribution in [3.05, 3.63) is 45.4 Å². The molecule has 1 saturated heterocycles. The average Bonchev–Trinajstić information content (AvgIpc) is 2.48. The van der Waals surface area contributed by atoms with Crippen molar-refractivity contribution in [2.45, 2.75) is 0 Å². The lowest BCUT2D eigenvalue weighted by atomic mass is 10.2. The summed E-state index contributed by atoms with van der Waals surface area (Å²) in [5.41, 5.74) is 1.19. The smallest absolute Gasteiger partial charge is 0.145 e. The fourth-order valence-electron chi connectivity index (χ4n) is 2.39. The molecule has 2 aromatic rings. The molecule has 0 spiro atoms. The van der Waals surface area contributed by atoms with Crippen molar-refractivity contribution >= 4 is 45.7 Å². The number of nitrogens with zero attached hydrogens (tertiary/aromatic N) is 4. The van der Waals surface area contributed by atoms with Crippen LogP contribution in [0.1, 0.15) is 0 Å². The first-order valence-electron chi connectivity index (χ1n) is 6.45. The molecule has 0 saturated carbocycles. The number of rotatable bonds is 2. The summed E-state index contributed by atoms with van der Waals surface area (Å²) >= 11 is 8.34. The zero-order valence-corrected chi connectivity index (χ0v) is 13.8. The summed E-state index contributed by atoms with van der Waals surface area (Å²) in [7, 11) is 0. The van der Waals surface area contributed by atoms with E-state index in [9.17, 15) is 0 Å². The molecular weight excluding hydrogens is 387 g/mol. The van der Waals surface area contributed by atoms with Crippen LogP contribution in [0.5, 0.6) is 0 Å². The topological polar surface area (TPSA) is 32.3 Å². The van der Waals surface area contributed by atoms with E-state index in [4.69, 9.17) is 11.6 Å². The SMILES string of the molecule is Clc1cccc(N2CCN(c3ncncc3I)CC2)c1. The number of hydrogen-bond acceptors (Lipinski definition) is 4. The van der Waals surface area contributed by atoms with Crippen LogP contribution < -0.4 is 9.80 Å². The van der Waals surface area contributed by atoms with E-state index in [1.54, 1.807) is 6.33 Å². The van der Waals surface area contributed by atoms with Crippen LogP contribution in [0.2, 0.25) is 5.02 Å². The molecule has 104 valence electrons. The highest BCUT2D eigenvalue weighted by Gasteiger charge is 2.19. The Labute approximate surface area is 136 Å². The lowest BCUT2D eigenvalue weighted by molar-refractivity contribution is 0.645. The minimum Gasteiger partial charge on any atom is -0.368 e. The highest BCUT2D eigenvalue weighted by atomic mass is 127. The van der Waals surface area contributed by atoms with Crippen molar-refractivity contribution in [3.8, 4) is 0 Å². The van der Waals surface area contributed by atoms with E-state index in [0.29, 0.717) is 0 Å². The van der Waals surface area contributed by atoms with Gasteiger partial charge in [0.25, 0.3) is 0 Å². The van der Waals surface area contributed by atoms with Crippen LogP contribution in [0.25, 0.3) is 0 Å². The van der Waals surface area contributed by atoms with Crippen LogP contribution in [-0.2, 0) is 0 Å². The summed E-state index contributed by atoms with van der Waals surface area (Å²) in [6, 6.07) is 8.03. The van der Waals surface area contributed by atoms with Gasteiger partial charge in [0.1, 0.15) is 12.1 Å². The minimum absolute atomic E-state index is 0.787. The maximum Gasteiger partial charge on any atom is 0.145 e. The van der Waals surface area contributed by atoms with Crippen LogP contribution >= 0.6 is 34.2 Å². The number of benzene rings is 1. The van der Waals surface area contributed by atoms with Crippen molar-refractivity contribution in [2.75, 3.05) is 36.0 Å². The second-order valence-electron chi connectivity index (χ2n) is 4.65. The fourth-order valence-corrected chi connectivity index (χ4v) is 3.21. The van der Waals surface area contributed by atoms with E-state index >= 15 is 0 Å². The Balaban J connectivity index is 1.70. The molecule has 0 radical (unpaired) electrons. The monoisotopic (exact) mass is 400 g/mol. The number of piperazine rings is 1. The van der Waals surface area contributed by atoms with Gasteiger partial charge < -0.3 is 9.80 Å². The van der Waals surface area contributed by atoms with Crippen LogP contribution in [0.15, 0.2) is 36.8 Å². The summed E-state index contributed by atoms with van der Waals surface area (Å²) in [4.78, 5) is 13.1. The van der Waals surface area contributed by atoms with Gasteiger partial charge in [-0.1, -0.05) is 17.7 Å². The van der Waals surface area contributed by atoms with Gasteiger partial charge in [-0.25, -0.2) is 9.97 Å². The highest BCUT2D eigenvalue weighted by molar-refractivity contribution is 14.1. The minimum atomic E-state index is 0.787. The highest BCUT2D eigenvalue weighted by Crippen LogP contribution is 2.23. The third kappa shape index (κ3) is 2.98. The predicted octanol–water partition coefficient (Wildman–Crippen LogP) is 3.06. The number of aromatic nitrogens is 2. The Morgan fingerprint density at radius 1 is 1.10 bits per heavy atom. The average molecular weight is 401 g/mol. The first-order chi connectivity index (χ1) is 9.74. The van der Waals surface area contributed by atoms with Gasteiger partial charge in [0.2, 0.25) is 0 Å². The maximum atomic E-state index is 6.05. The fraction of sp³-hybridized carbons (Fsp3) is 0.286. The van der Waals surface area contributed by atoms with E-state index in [0.717, 1.165) is 40.6 Å². The molecule has 0 amide bonds. The quantitative estimate of drug-likeness (QED) is 0.725. The Kier molecular flexibility index (Phi) is 4.26. The largest absolute Gasteiger partial charge is 0.368 e. The lowest BCUT2D eigenvalue weighted by Crippen LogP contribution is -2.47. The van der Waals surface area contributed by atoms with Crippen molar-refractivity contribution in [1.82, 2.24) is 9.97 Å². The van der Waals surface area contributed by atoms with Gasteiger partial charge in [-0.2, -0.15) is 0 Å². The molecule has 0 atom stereocenters. The van der Waals surface area contributed by atoms with Gasteiger partial charge in [-0.3, -0.25) is 0 Å². The third-order valence-electron chi connectivity index (χ3n) is 3.40.